The van der Waals surface area contributed by atoms with E-state index < -0.39 is 6.09 Å². The molecule has 0 saturated carbocycles. The minimum atomic E-state index is -0.405. The minimum absolute atomic E-state index is 0.0859. The van der Waals surface area contributed by atoms with E-state index in [-0.39, 0.29) is 18.0 Å². The van der Waals surface area contributed by atoms with Crippen molar-refractivity contribution in [2.45, 2.75) is 25.4 Å². The average molecular weight is 597 g/mol. The summed E-state index contributed by atoms with van der Waals surface area (Å²) in [6.45, 7) is 2.35. The molecular weight excluding hydrogens is 564 g/mol. The second-order valence-electron chi connectivity index (χ2n) is 10.7. The van der Waals surface area contributed by atoms with Crippen molar-refractivity contribution in [1.29, 1.82) is 0 Å². The first-order chi connectivity index (χ1) is 22.0. The Bertz CT molecular complexity index is 1780. The van der Waals surface area contributed by atoms with Crippen molar-refractivity contribution in [3.63, 3.8) is 0 Å². The summed E-state index contributed by atoms with van der Waals surface area (Å²) in [5.41, 5.74) is 5.84. The number of ether oxygens (including phenoxy) is 1. The number of rotatable bonds is 10. The van der Waals surface area contributed by atoms with Crippen molar-refractivity contribution >= 4 is 35.5 Å². The predicted molar refractivity (Wildman–Crippen MR) is 176 cm³/mol. The maximum Gasteiger partial charge on any atom is 0.415 e. The van der Waals surface area contributed by atoms with Gasteiger partial charge in [0.05, 0.1) is 12.1 Å². The first-order valence-electron chi connectivity index (χ1n) is 14.7. The van der Waals surface area contributed by atoms with Gasteiger partial charge in [-0.2, -0.15) is 4.98 Å². The number of nitrogens with zero attached hydrogens (tertiary/aromatic N) is 4. The Labute approximate surface area is 261 Å². The number of carbonyl (C=O) groups excluding carboxylic acids is 2. The molecule has 45 heavy (non-hydrogen) atoms. The Morgan fingerprint density at radius 3 is 2.44 bits per heavy atom. The van der Waals surface area contributed by atoms with Gasteiger partial charge < -0.3 is 15.4 Å². The van der Waals surface area contributed by atoms with Crippen LogP contribution in [-0.2, 0) is 16.0 Å². The lowest BCUT2D eigenvalue weighted by molar-refractivity contribution is -0.111. The summed E-state index contributed by atoms with van der Waals surface area (Å²) in [7, 11) is 0. The highest BCUT2D eigenvalue weighted by molar-refractivity contribution is 6.02. The van der Waals surface area contributed by atoms with Crippen LogP contribution in [0.5, 0.6) is 0 Å². The molecule has 0 spiro atoms. The summed E-state index contributed by atoms with van der Waals surface area (Å²) in [6.07, 6.45) is 8.52. The normalized spacial score (nSPS) is 15.1. The number of hydrogen-bond acceptors (Lipinski definition) is 7. The molecule has 1 fully saturated rings. The van der Waals surface area contributed by atoms with E-state index in [4.69, 9.17) is 4.74 Å². The van der Waals surface area contributed by atoms with Crippen LogP contribution < -0.4 is 15.5 Å². The maximum absolute atomic E-state index is 12.6. The van der Waals surface area contributed by atoms with Crippen molar-refractivity contribution < 1.29 is 14.3 Å². The quantitative estimate of drug-likeness (QED) is 0.168. The molecule has 224 valence electrons. The van der Waals surface area contributed by atoms with E-state index >= 15 is 0 Å². The first-order valence-corrected chi connectivity index (χ1v) is 14.7. The van der Waals surface area contributed by atoms with Crippen molar-refractivity contribution in [3.05, 3.63) is 138 Å². The molecule has 2 aromatic heterocycles. The lowest BCUT2D eigenvalue weighted by Gasteiger charge is -2.21. The van der Waals surface area contributed by atoms with Gasteiger partial charge >= 0.3 is 6.09 Å². The van der Waals surface area contributed by atoms with Gasteiger partial charge in [-0.05, 0) is 71.5 Å². The number of cyclic esters (lactones) is 1. The highest BCUT2D eigenvalue weighted by Gasteiger charge is 2.35. The van der Waals surface area contributed by atoms with Gasteiger partial charge in [0.1, 0.15) is 12.4 Å². The molecule has 0 radical (unpaired) electrons. The number of benzene rings is 3. The van der Waals surface area contributed by atoms with Gasteiger partial charge in [0.15, 0.2) is 0 Å². The third-order valence-electron chi connectivity index (χ3n) is 7.52. The molecule has 2 atom stereocenters. The summed E-state index contributed by atoms with van der Waals surface area (Å²) in [6, 6.07) is 31.2. The molecule has 1 aliphatic rings. The molecule has 3 aromatic carbocycles. The van der Waals surface area contributed by atoms with Crippen LogP contribution in [0.4, 0.5) is 22.2 Å². The molecular formula is C36H32N6O3. The summed E-state index contributed by atoms with van der Waals surface area (Å²) in [5.74, 6) is 0.720. The molecule has 0 bridgehead atoms. The third-order valence-corrected chi connectivity index (χ3v) is 7.52. The van der Waals surface area contributed by atoms with Gasteiger partial charge in [-0.15, -0.1) is 0 Å². The van der Waals surface area contributed by atoms with Crippen LogP contribution in [0.25, 0.3) is 17.2 Å². The SMILES string of the molecule is C[C@H](Nc1nccc(N2C(=O)OC[C@@H]2Cc2ccccc2)n1)c1ccc(-c2ccc(NC(=O)/C=C/c3cccnc3)cc2)cc1. The molecule has 5 aromatic rings. The Balaban J connectivity index is 1.07. The van der Waals surface area contributed by atoms with Crippen molar-refractivity contribution in [2.75, 3.05) is 22.1 Å². The smallest absolute Gasteiger partial charge is 0.415 e. The molecule has 2 N–H and O–H groups in total. The molecule has 9 nitrogen and oxygen atoms in total. The summed E-state index contributed by atoms with van der Waals surface area (Å²) < 4.78 is 5.37. The zero-order valence-corrected chi connectivity index (χ0v) is 24.7. The monoisotopic (exact) mass is 596 g/mol. The van der Waals surface area contributed by atoms with E-state index in [2.05, 4.69) is 49.9 Å². The van der Waals surface area contributed by atoms with Crippen molar-refractivity contribution in [3.8, 4) is 11.1 Å². The fourth-order valence-corrected chi connectivity index (χ4v) is 5.15. The van der Waals surface area contributed by atoms with Crippen molar-refractivity contribution in [1.82, 2.24) is 15.0 Å². The third kappa shape index (κ3) is 7.40. The lowest BCUT2D eigenvalue weighted by atomic mass is 10.0. The van der Waals surface area contributed by atoms with E-state index in [9.17, 15) is 9.59 Å². The molecule has 3 heterocycles. The summed E-state index contributed by atoms with van der Waals surface area (Å²) in [5, 5.41) is 6.24. The van der Waals surface area contributed by atoms with Gasteiger partial charge in [-0.1, -0.05) is 72.8 Å². The Morgan fingerprint density at radius 1 is 0.956 bits per heavy atom. The van der Waals surface area contributed by atoms with E-state index in [1.165, 1.54) is 6.08 Å². The standard InChI is InChI=1S/C36H32N6O3/c1-25(39-35-38-21-19-33(41-35)42-32(24-45-36(42)44)22-26-6-3-2-4-7-26)28-10-12-29(13-11-28)30-14-16-31(17-15-30)40-34(43)18-9-27-8-5-20-37-23-27/h2-21,23,25,32H,22,24H2,1H3,(H,40,43)(H,38,39,41)/b18-9+/t25-,32-/m0/s1. The Kier molecular flexibility index (Phi) is 8.87. The zero-order chi connectivity index (χ0) is 31.0. The minimum Gasteiger partial charge on any atom is -0.447 e. The van der Waals surface area contributed by atoms with Crippen LogP contribution in [0.1, 0.15) is 29.7 Å². The Morgan fingerprint density at radius 2 is 1.71 bits per heavy atom. The summed E-state index contributed by atoms with van der Waals surface area (Å²) >= 11 is 0. The summed E-state index contributed by atoms with van der Waals surface area (Å²) in [4.78, 5) is 39.6. The van der Waals surface area contributed by atoms with Crippen LogP contribution in [0, 0.1) is 0 Å². The number of anilines is 3. The number of carbonyl (C=O) groups is 2. The van der Waals surface area contributed by atoms with Crippen LogP contribution in [0.15, 0.2) is 122 Å². The van der Waals surface area contributed by atoms with Gasteiger partial charge in [-0.3, -0.25) is 14.7 Å². The van der Waals surface area contributed by atoms with Crippen LogP contribution in [0.2, 0.25) is 0 Å². The second kappa shape index (κ2) is 13.6. The van der Waals surface area contributed by atoms with Crippen LogP contribution in [-0.4, -0.2) is 39.6 Å². The Hall–Kier alpha value is -5.83. The van der Waals surface area contributed by atoms with E-state index in [0.717, 1.165) is 27.8 Å². The number of hydrogen-bond donors (Lipinski definition) is 2. The highest BCUT2D eigenvalue weighted by Crippen LogP contribution is 2.27. The largest absolute Gasteiger partial charge is 0.447 e. The van der Waals surface area contributed by atoms with E-state index in [1.807, 2.05) is 73.7 Å². The fourth-order valence-electron chi connectivity index (χ4n) is 5.15. The zero-order valence-electron chi connectivity index (χ0n) is 24.7. The van der Waals surface area contributed by atoms with E-state index in [0.29, 0.717) is 30.5 Å². The molecule has 0 aliphatic carbocycles. The van der Waals surface area contributed by atoms with Gasteiger partial charge in [0, 0.05) is 30.4 Å². The molecule has 6 rings (SSSR count). The molecule has 2 amide bonds. The highest BCUT2D eigenvalue weighted by atomic mass is 16.6. The van der Waals surface area contributed by atoms with Gasteiger partial charge in [0.2, 0.25) is 11.9 Å². The lowest BCUT2D eigenvalue weighted by Crippen LogP contribution is -2.35. The maximum atomic E-state index is 12.6. The first kappa shape index (κ1) is 29.3. The topological polar surface area (TPSA) is 109 Å². The molecule has 9 heteroatoms. The predicted octanol–water partition coefficient (Wildman–Crippen LogP) is 6.93. The number of nitrogens with one attached hydrogen (secondary N) is 2. The van der Waals surface area contributed by atoms with E-state index in [1.54, 1.807) is 35.6 Å². The van der Waals surface area contributed by atoms with Gasteiger partial charge in [-0.25, -0.2) is 9.78 Å². The van der Waals surface area contributed by atoms with Crippen LogP contribution >= 0.6 is 0 Å². The van der Waals surface area contributed by atoms with Gasteiger partial charge in [0.25, 0.3) is 0 Å². The molecule has 0 unspecified atom stereocenters. The van der Waals surface area contributed by atoms with Crippen LogP contribution in [0.3, 0.4) is 0 Å². The second-order valence-corrected chi connectivity index (χ2v) is 10.7. The average Bonchev–Trinajstić information content (AvgIpc) is 3.44. The molecule has 1 aliphatic heterocycles. The number of aromatic nitrogens is 3. The molecule has 1 saturated heterocycles. The number of amides is 2. The number of pyridine rings is 1. The fraction of sp³-hybridized carbons (Fsp3) is 0.139. The van der Waals surface area contributed by atoms with Crippen molar-refractivity contribution in [2.24, 2.45) is 0 Å².